The maximum absolute atomic E-state index is 13.4. The Bertz CT molecular complexity index is 1800. The number of carbonyl (C=O) groups is 2. The number of hydrogen-bond donors (Lipinski definition) is 6. The maximum atomic E-state index is 13.4. The Morgan fingerprint density at radius 1 is 0.488 bits per heavy atom. The van der Waals surface area contributed by atoms with Gasteiger partial charge in [-0.3, -0.25) is 9.59 Å². The predicted molar refractivity (Wildman–Crippen MR) is 342 cm³/mol. The minimum absolute atomic E-state index is 0.100. The summed E-state index contributed by atoms with van der Waals surface area (Å²) in [6, 6.07) is -1.05. The third-order valence-electron chi connectivity index (χ3n) is 14.6. The van der Waals surface area contributed by atoms with Crippen LogP contribution in [0.15, 0.2) is 122 Å². The fraction of sp³-hybridized carbons (Fsp3) is 0.690. The average molecular weight is 1150 g/mol. The van der Waals surface area contributed by atoms with E-state index in [0.717, 1.165) is 135 Å². The number of hydrogen-bond acceptors (Lipinski definition) is 10. The van der Waals surface area contributed by atoms with Crippen molar-refractivity contribution in [2.24, 2.45) is 0 Å². The third-order valence-corrected chi connectivity index (χ3v) is 14.6. The first-order valence-corrected chi connectivity index (χ1v) is 32.8. The SMILES string of the molecule is CC/C=C\C/C=C\C/C=C\C/C=C\C/C=C\CCCCC(O)C(=O)NC(COC1OC(CO)C(O)C(O)C1OC(=O)CCCCCCCCC/C=C\C/C=C\C/C=C\C/C=C\CCCCC)C(O)/C=C/CCCCCCCCCCCC. The molecule has 0 aliphatic carbocycles. The largest absolute Gasteiger partial charge is 0.454 e. The molecule has 468 valence electrons. The topological polar surface area (TPSA) is 175 Å². The number of ether oxygens (including phenoxy) is 3. The van der Waals surface area contributed by atoms with E-state index in [1.54, 1.807) is 6.08 Å². The monoisotopic (exact) mass is 1150 g/mol. The van der Waals surface area contributed by atoms with Crippen molar-refractivity contribution in [3.63, 3.8) is 0 Å². The van der Waals surface area contributed by atoms with E-state index in [9.17, 15) is 35.1 Å². The summed E-state index contributed by atoms with van der Waals surface area (Å²) < 4.78 is 17.6. The summed E-state index contributed by atoms with van der Waals surface area (Å²) in [5, 5.41) is 57.0. The molecule has 1 fully saturated rings. The van der Waals surface area contributed by atoms with Crippen molar-refractivity contribution in [3.05, 3.63) is 122 Å². The van der Waals surface area contributed by atoms with Gasteiger partial charge in [0.1, 0.15) is 24.4 Å². The molecule has 0 bridgehead atoms. The summed E-state index contributed by atoms with van der Waals surface area (Å²) >= 11 is 0. The van der Waals surface area contributed by atoms with Gasteiger partial charge in [-0.2, -0.15) is 0 Å². The van der Waals surface area contributed by atoms with Gasteiger partial charge in [-0.25, -0.2) is 0 Å². The molecule has 1 aliphatic heterocycles. The number of amides is 1. The molecular weight excluding hydrogens is 1030 g/mol. The van der Waals surface area contributed by atoms with E-state index in [1.807, 2.05) is 6.08 Å². The minimum atomic E-state index is -1.63. The summed E-state index contributed by atoms with van der Waals surface area (Å²) in [5.74, 6) is -1.25. The van der Waals surface area contributed by atoms with E-state index < -0.39 is 67.4 Å². The van der Waals surface area contributed by atoms with Gasteiger partial charge >= 0.3 is 5.97 Å². The molecule has 0 saturated carbocycles. The van der Waals surface area contributed by atoms with E-state index in [4.69, 9.17) is 14.2 Å². The highest BCUT2D eigenvalue weighted by molar-refractivity contribution is 5.80. The number of rotatable bonds is 54. The van der Waals surface area contributed by atoms with Crippen LogP contribution in [0.2, 0.25) is 0 Å². The molecule has 6 N–H and O–H groups in total. The van der Waals surface area contributed by atoms with E-state index in [2.05, 4.69) is 135 Å². The van der Waals surface area contributed by atoms with Gasteiger partial charge in [0.15, 0.2) is 12.4 Å². The van der Waals surface area contributed by atoms with Crippen LogP contribution < -0.4 is 5.32 Å². The first-order chi connectivity index (χ1) is 40.2. The molecule has 1 saturated heterocycles. The Morgan fingerprint density at radius 3 is 1.34 bits per heavy atom. The van der Waals surface area contributed by atoms with Crippen molar-refractivity contribution in [1.82, 2.24) is 5.32 Å². The van der Waals surface area contributed by atoms with Crippen molar-refractivity contribution in [2.75, 3.05) is 13.2 Å². The smallest absolute Gasteiger partial charge is 0.306 e. The molecule has 0 spiro atoms. The molecule has 1 rings (SSSR count). The Morgan fingerprint density at radius 2 is 0.878 bits per heavy atom. The molecule has 0 aromatic heterocycles. The highest BCUT2D eigenvalue weighted by Crippen LogP contribution is 2.26. The van der Waals surface area contributed by atoms with Crippen molar-refractivity contribution >= 4 is 11.9 Å². The molecule has 1 heterocycles. The maximum Gasteiger partial charge on any atom is 0.306 e. The Kier molecular flexibility index (Phi) is 53.3. The number of allylic oxidation sites excluding steroid dienone is 19. The van der Waals surface area contributed by atoms with Crippen molar-refractivity contribution in [3.8, 4) is 0 Å². The molecule has 11 heteroatoms. The fourth-order valence-corrected chi connectivity index (χ4v) is 9.42. The summed E-state index contributed by atoms with van der Waals surface area (Å²) in [4.78, 5) is 26.6. The molecule has 1 aliphatic rings. The van der Waals surface area contributed by atoms with Crippen LogP contribution in [-0.4, -0.2) is 99.6 Å². The second-order valence-electron chi connectivity index (χ2n) is 22.1. The van der Waals surface area contributed by atoms with Crippen molar-refractivity contribution < 1.29 is 49.3 Å². The zero-order chi connectivity index (χ0) is 59.6. The van der Waals surface area contributed by atoms with Gasteiger partial charge < -0.3 is 45.1 Å². The number of nitrogens with one attached hydrogen (secondary N) is 1. The molecule has 0 aromatic rings. The van der Waals surface area contributed by atoms with Gasteiger partial charge in [-0.05, 0) is 116 Å². The number of aliphatic hydroxyl groups is 5. The number of esters is 1. The first-order valence-electron chi connectivity index (χ1n) is 32.8. The molecule has 8 atom stereocenters. The van der Waals surface area contributed by atoms with E-state index >= 15 is 0 Å². The van der Waals surface area contributed by atoms with E-state index in [0.29, 0.717) is 12.8 Å². The van der Waals surface area contributed by atoms with Crippen molar-refractivity contribution in [1.29, 1.82) is 0 Å². The zero-order valence-corrected chi connectivity index (χ0v) is 51.8. The Labute approximate surface area is 500 Å². The van der Waals surface area contributed by atoms with Crippen LogP contribution in [0.5, 0.6) is 0 Å². The van der Waals surface area contributed by atoms with Gasteiger partial charge in [-0.1, -0.05) is 251 Å². The highest BCUT2D eigenvalue weighted by Gasteiger charge is 2.47. The molecule has 8 unspecified atom stereocenters. The van der Waals surface area contributed by atoms with E-state index in [1.165, 1.54) is 70.6 Å². The number of carbonyl (C=O) groups excluding carboxylic acids is 2. The number of aliphatic hydroxyl groups excluding tert-OH is 5. The molecule has 0 radical (unpaired) electrons. The lowest BCUT2D eigenvalue weighted by atomic mass is 9.99. The molecule has 0 aromatic carbocycles. The molecule has 1 amide bonds. The van der Waals surface area contributed by atoms with Gasteiger partial charge in [0.25, 0.3) is 0 Å². The van der Waals surface area contributed by atoms with Gasteiger partial charge in [0, 0.05) is 6.42 Å². The van der Waals surface area contributed by atoms with E-state index in [-0.39, 0.29) is 19.4 Å². The number of unbranched alkanes of at least 4 members (excludes halogenated alkanes) is 22. The van der Waals surface area contributed by atoms with Crippen LogP contribution >= 0.6 is 0 Å². The van der Waals surface area contributed by atoms with Crippen LogP contribution in [0.25, 0.3) is 0 Å². The second-order valence-corrected chi connectivity index (χ2v) is 22.1. The van der Waals surface area contributed by atoms with Crippen LogP contribution in [0.1, 0.15) is 252 Å². The van der Waals surface area contributed by atoms with Crippen LogP contribution in [0.3, 0.4) is 0 Å². The van der Waals surface area contributed by atoms with Gasteiger partial charge in [-0.15, -0.1) is 0 Å². The van der Waals surface area contributed by atoms with Crippen LogP contribution in [0, 0.1) is 0 Å². The molecule has 11 nitrogen and oxygen atoms in total. The summed E-state index contributed by atoms with van der Waals surface area (Å²) in [6.45, 7) is 5.61. The zero-order valence-electron chi connectivity index (χ0n) is 51.8. The molecule has 82 heavy (non-hydrogen) atoms. The standard InChI is InChI=1S/C71H119NO10/c1-4-7-10-13-16-19-22-25-27-29-31-32-33-34-35-37-39-41-44-47-50-53-56-59-66(76)82-69-68(78)67(77)65(60-73)81-71(69)80-61-62(63(74)57-54-51-48-45-42-24-21-18-15-12-9-6-3)72-70(79)64(75)58-55-52-49-46-43-40-38-36-30-28-26-23-20-17-14-11-8-5-2/h8,11,16-17,19-20,25-28,31-32,34-36,38,43,46,54,57,62-65,67-69,71,73-75,77-78H,4-7,9-10,12-15,18,21-24,29-30,33,37,39-42,44-45,47-53,55-56,58-61H2,1-3H3,(H,72,79)/b11-8-,19-16-,20-17-,27-25-,28-26-,32-31-,35-34-,38-36-,46-43-,57-54+. The quantitative estimate of drug-likeness (QED) is 0.0195. The second kappa shape index (κ2) is 57.5. The molecular formula is C71H119NO10. The fourth-order valence-electron chi connectivity index (χ4n) is 9.42. The summed E-state index contributed by atoms with van der Waals surface area (Å²) in [5.41, 5.74) is 0. The predicted octanol–water partition coefficient (Wildman–Crippen LogP) is 16.2. The lowest BCUT2D eigenvalue weighted by molar-refractivity contribution is -0.305. The van der Waals surface area contributed by atoms with Crippen molar-refractivity contribution in [2.45, 2.75) is 301 Å². The Balaban J connectivity index is 2.67. The lowest BCUT2D eigenvalue weighted by Crippen LogP contribution is -2.61. The normalized spacial score (nSPS) is 19.4. The average Bonchev–Trinajstić information content (AvgIpc) is 3.68. The van der Waals surface area contributed by atoms with Gasteiger partial charge in [0.2, 0.25) is 5.91 Å². The third kappa shape index (κ3) is 44.6. The van der Waals surface area contributed by atoms with Gasteiger partial charge in [0.05, 0.1) is 25.4 Å². The minimum Gasteiger partial charge on any atom is -0.454 e. The Hall–Kier alpha value is -3.94. The first kappa shape index (κ1) is 76.1. The highest BCUT2D eigenvalue weighted by atomic mass is 16.7. The lowest BCUT2D eigenvalue weighted by Gasteiger charge is -2.41. The summed E-state index contributed by atoms with van der Waals surface area (Å²) in [6.07, 6.45) is 69.4. The van der Waals surface area contributed by atoms with Crippen LogP contribution in [0.4, 0.5) is 0 Å². The van der Waals surface area contributed by atoms with Crippen LogP contribution in [-0.2, 0) is 23.8 Å². The summed E-state index contributed by atoms with van der Waals surface area (Å²) in [7, 11) is 0.